The highest BCUT2D eigenvalue weighted by molar-refractivity contribution is 9.10. The molecule has 1 aliphatic carbocycles. The maximum atomic E-state index is 9.19. The highest BCUT2D eigenvalue weighted by Crippen LogP contribution is 2.39. The van der Waals surface area contributed by atoms with Crippen molar-refractivity contribution in [1.29, 1.82) is 5.26 Å². The zero-order valence-electron chi connectivity index (χ0n) is 11.8. The summed E-state index contributed by atoms with van der Waals surface area (Å²) < 4.78 is 1.01. The fourth-order valence-corrected chi connectivity index (χ4v) is 3.77. The molecule has 102 valence electrons. The van der Waals surface area contributed by atoms with Crippen LogP contribution in [0.3, 0.4) is 0 Å². The molecule has 0 aliphatic heterocycles. The lowest BCUT2D eigenvalue weighted by Gasteiger charge is -2.39. The number of hydrogen-bond acceptors (Lipinski definition) is 2. The number of anilines is 1. The summed E-state index contributed by atoms with van der Waals surface area (Å²) in [6, 6.07) is 8.50. The molecule has 1 saturated carbocycles. The summed E-state index contributed by atoms with van der Waals surface area (Å²) >= 11 is 3.48. The third-order valence-electron chi connectivity index (χ3n) is 3.85. The Morgan fingerprint density at radius 1 is 1.37 bits per heavy atom. The van der Waals surface area contributed by atoms with Crippen LogP contribution in [0.1, 0.15) is 45.6 Å². The Balaban J connectivity index is 2.17. The van der Waals surface area contributed by atoms with Crippen LogP contribution in [-0.4, -0.2) is 6.04 Å². The minimum absolute atomic E-state index is 0.383. The van der Waals surface area contributed by atoms with Crippen molar-refractivity contribution in [1.82, 2.24) is 0 Å². The standard InChI is InChI=1S/C16H21BrN2/c1-11-6-14(9-16(2,3)8-11)19-15-7-13(17)5-4-12(15)10-18/h4-5,7,11,14,19H,6,8-9H2,1-3H3. The fraction of sp³-hybridized carbons (Fsp3) is 0.562. The summed E-state index contributed by atoms with van der Waals surface area (Å²) in [5, 5.41) is 12.8. The summed E-state index contributed by atoms with van der Waals surface area (Å²) in [6.45, 7) is 6.99. The molecule has 2 unspecified atom stereocenters. The Morgan fingerprint density at radius 2 is 2.11 bits per heavy atom. The van der Waals surface area contributed by atoms with Gasteiger partial charge in [-0.25, -0.2) is 0 Å². The third kappa shape index (κ3) is 3.73. The summed E-state index contributed by atoms with van der Waals surface area (Å²) in [6.07, 6.45) is 3.63. The van der Waals surface area contributed by atoms with Gasteiger partial charge in [0, 0.05) is 10.5 Å². The number of rotatable bonds is 2. The number of nitrogens with one attached hydrogen (secondary N) is 1. The lowest BCUT2D eigenvalue weighted by molar-refractivity contribution is 0.178. The van der Waals surface area contributed by atoms with Crippen LogP contribution in [0.15, 0.2) is 22.7 Å². The molecule has 0 bridgehead atoms. The SMILES string of the molecule is CC1CC(Nc2cc(Br)ccc2C#N)CC(C)(C)C1. The first-order valence-corrected chi connectivity index (χ1v) is 7.65. The lowest BCUT2D eigenvalue weighted by Crippen LogP contribution is -2.35. The second kappa shape index (κ2) is 5.54. The van der Waals surface area contributed by atoms with Crippen LogP contribution in [0.4, 0.5) is 5.69 Å². The third-order valence-corrected chi connectivity index (χ3v) is 4.34. The maximum Gasteiger partial charge on any atom is 0.101 e. The molecule has 0 saturated heterocycles. The Hall–Kier alpha value is -1.01. The minimum Gasteiger partial charge on any atom is -0.381 e. The number of hydrogen-bond donors (Lipinski definition) is 1. The summed E-state index contributed by atoms with van der Waals surface area (Å²) in [4.78, 5) is 0. The minimum atomic E-state index is 0.383. The van der Waals surface area contributed by atoms with Crippen LogP contribution in [0.25, 0.3) is 0 Å². The quantitative estimate of drug-likeness (QED) is 0.837. The van der Waals surface area contributed by atoms with Gasteiger partial charge in [-0.3, -0.25) is 0 Å². The molecule has 2 rings (SSSR count). The molecule has 0 spiro atoms. The molecule has 0 heterocycles. The van der Waals surface area contributed by atoms with E-state index in [1.165, 1.54) is 12.8 Å². The van der Waals surface area contributed by atoms with E-state index in [2.05, 4.69) is 48.1 Å². The molecule has 1 fully saturated rings. The van der Waals surface area contributed by atoms with Crippen molar-refractivity contribution in [2.24, 2.45) is 11.3 Å². The lowest BCUT2D eigenvalue weighted by atomic mass is 9.70. The van der Waals surface area contributed by atoms with Crippen LogP contribution in [0.5, 0.6) is 0 Å². The second-order valence-electron chi connectivity index (χ2n) is 6.56. The Labute approximate surface area is 124 Å². The van der Waals surface area contributed by atoms with E-state index in [1.807, 2.05) is 18.2 Å². The van der Waals surface area contributed by atoms with Gasteiger partial charge in [0.15, 0.2) is 0 Å². The van der Waals surface area contributed by atoms with Gasteiger partial charge in [0.05, 0.1) is 11.3 Å². The molecule has 3 heteroatoms. The van der Waals surface area contributed by atoms with Gasteiger partial charge in [-0.15, -0.1) is 0 Å². The summed E-state index contributed by atoms with van der Waals surface area (Å²) in [5.74, 6) is 0.735. The zero-order chi connectivity index (χ0) is 14.0. The van der Waals surface area contributed by atoms with E-state index >= 15 is 0 Å². The Kier molecular flexibility index (Phi) is 4.20. The summed E-state index contributed by atoms with van der Waals surface area (Å²) in [7, 11) is 0. The van der Waals surface area contributed by atoms with Gasteiger partial charge in [0.1, 0.15) is 6.07 Å². The normalized spacial score (nSPS) is 25.6. The Morgan fingerprint density at radius 3 is 2.74 bits per heavy atom. The van der Waals surface area contributed by atoms with E-state index in [9.17, 15) is 5.26 Å². The predicted molar refractivity (Wildman–Crippen MR) is 83.1 cm³/mol. The van der Waals surface area contributed by atoms with Crippen molar-refractivity contribution >= 4 is 21.6 Å². The van der Waals surface area contributed by atoms with Crippen molar-refractivity contribution in [3.8, 4) is 6.07 Å². The average molecular weight is 321 g/mol. The molecule has 1 aromatic carbocycles. The van der Waals surface area contributed by atoms with Crippen molar-refractivity contribution in [3.63, 3.8) is 0 Å². The number of halogens is 1. The highest BCUT2D eigenvalue weighted by Gasteiger charge is 2.32. The first-order chi connectivity index (χ1) is 8.89. The number of benzene rings is 1. The van der Waals surface area contributed by atoms with E-state index < -0.39 is 0 Å². The van der Waals surface area contributed by atoms with E-state index in [-0.39, 0.29) is 0 Å². The van der Waals surface area contributed by atoms with E-state index in [0.29, 0.717) is 11.5 Å². The monoisotopic (exact) mass is 320 g/mol. The summed E-state index contributed by atoms with van der Waals surface area (Å²) in [5.41, 5.74) is 2.06. The fourth-order valence-electron chi connectivity index (χ4n) is 3.41. The zero-order valence-corrected chi connectivity index (χ0v) is 13.4. The van der Waals surface area contributed by atoms with E-state index in [0.717, 1.165) is 28.1 Å². The molecule has 2 nitrogen and oxygen atoms in total. The highest BCUT2D eigenvalue weighted by atomic mass is 79.9. The van der Waals surface area contributed by atoms with E-state index in [4.69, 9.17) is 0 Å². The average Bonchev–Trinajstić information content (AvgIpc) is 2.26. The first-order valence-electron chi connectivity index (χ1n) is 6.86. The van der Waals surface area contributed by atoms with Gasteiger partial charge in [0.2, 0.25) is 0 Å². The number of nitrogens with zero attached hydrogens (tertiary/aromatic N) is 1. The molecule has 2 atom stereocenters. The van der Waals surface area contributed by atoms with Crippen LogP contribution in [0, 0.1) is 22.7 Å². The van der Waals surface area contributed by atoms with Gasteiger partial charge in [-0.1, -0.05) is 36.7 Å². The smallest absolute Gasteiger partial charge is 0.101 e. The van der Waals surface area contributed by atoms with Crippen molar-refractivity contribution in [2.45, 2.75) is 46.1 Å². The van der Waals surface area contributed by atoms with Crippen LogP contribution >= 0.6 is 15.9 Å². The molecule has 1 aliphatic rings. The second-order valence-corrected chi connectivity index (χ2v) is 7.47. The van der Waals surface area contributed by atoms with Gasteiger partial charge < -0.3 is 5.32 Å². The topological polar surface area (TPSA) is 35.8 Å². The van der Waals surface area contributed by atoms with E-state index in [1.54, 1.807) is 0 Å². The molecule has 0 amide bonds. The van der Waals surface area contributed by atoms with Crippen molar-refractivity contribution < 1.29 is 0 Å². The van der Waals surface area contributed by atoms with Gasteiger partial charge >= 0.3 is 0 Å². The predicted octanol–water partition coefficient (Wildman–Crippen LogP) is 4.95. The molecule has 0 aromatic heterocycles. The molecular formula is C16H21BrN2. The van der Waals surface area contributed by atoms with Gasteiger partial charge in [-0.05, 0) is 48.8 Å². The molecule has 19 heavy (non-hydrogen) atoms. The molecule has 1 N–H and O–H groups in total. The first kappa shape index (κ1) is 14.4. The van der Waals surface area contributed by atoms with Crippen molar-refractivity contribution in [3.05, 3.63) is 28.2 Å². The van der Waals surface area contributed by atoms with Crippen LogP contribution in [-0.2, 0) is 0 Å². The van der Waals surface area contributed by atoms with Crippen molar-refractivity contribution in [2.75, 3.05) is 5.32 Å². The van der Waals surface area contributed by atoms with Gasteiger partial charge in [0.25, 0.3) is 0 Å². The molecule has 1 aromatic rings. The molecular weight excluding hydrogens is 300 g/mol. The van der Waals surface area contributed by atoms with Crippen LogP contribution < -0.4 is 5.32 Å². The largest absolute Gasteiger partial charge is 0.381 e. The number of nitriles is 1. The maximum absolute atomic E-state index is 9.19. The Bertz CT molecular complexity index is 502. The van der Waals surface area contributed by atoms with Gasteiger partial charge in [-0.2, -0.15) is 5.26 Å². The van der Waals surface area contributed by atoms with Crippen LogP contribution in [0.2, 0.25) is 0 Å². The molecule has 0 radical (unpaired) electrons.